The van der Waals surface area contributed by atoms with Crippen molar-refractivity contribution in [1.82, 2.24) is 5.32 Å². The van der Waals surface area contributed by atoms with Crippen LogP contribution < -0.4 is 5.32 Å². The van der Waals surface area contributed by atoms with Gasteiger partial charge >= 0.3 is 0 Å². The Labute approximate surface area is 112 Å². The molecule has 0 aliphatic heterocycles. The highest BCUT2D eigenvalue weighted by atomic mass is 79.9. The largest absolute Gasteiger partial charge is 0.352 e. The number of hydrogen-bond acceptors (Lipinski definition) is 3. The maximum absolute atomic E-state index is 13.5. The van der Waals surface area contributed by atoms with Crippen molar-refractivity contribution in [3.05, 3.63) is 39.7 Å². The van der Waals surface area contributed by atoms with E-state index in [-0.39, 0.29) is 16.1 Å². The van der Waals surface area contributed by atoms with Crippen molar-refractivity contribution in [3.8, 4) is 0 Å². The molecule has 0 aliphatic rings. The number of alkyl halides is 1. The molecule has 0 saturated heterocycles. The predicted octanol–water partition coefficient (Wildman–Crippen LogP) is 2.64. The van der Waals surface area contributed by atoms with E-state index in [9.17, 15) is 19.3 Å². The van der Waals surface area contributed by atoms with Crippen molar-refractivity contribution in [1.29, 1.82) is 0 Å². The van der Waals surface area contributed by atoms with Crippen LogP contribution in [-0.2, 0) is 0 Å². The number of non-ortho nitro benzene ring substituents is 1. The second-order valence-corrected chi connectivity index (χ2v) is 5.31. The van der Waals surface area contributed by atoms with Gasteiger partial charge in [-0.05, 0) is 12.5 Å². The third kappa shape index (κ3) is 4.06. The van der Waals surface area contributed by atoms with E-state index in [0.29, 0.717) is 13.0 Å². The Balaban J connectivity index is 2.72. The number of nitrogens with zero attached hydrogens (tertiary/aromatic N) is 1. The van der Waals surface area contributed by atoms with Crippen LogP contribution >= 0.6 is 15.9 Å². The van der Waals surface area contributed by atoms with Gasteiger partial charge in [0.05, 0.1) is 16.6 Å². The van der Waals surface area contributed by atoms with Crippen LogP contribution in [0.5, 0.6) is 0 Å². The van der Waals surface area contributed by atoms with Crippen molar-refractivity contribution < 1.29 is 14.1 Å². The summed E-state index contributed by atoms with van der Waals surface area (Å²) in [4.78, 5) is 21.5. The third-order valence-electron chi connectivity index (χ3n) is 2.24. The lowest BCUT2D eigenvalue weighted by molar-refractivity contribution is -0.385. The Morgan fingerprint density at radius 2 is 2.28 bits per heavy atom. The molecule has 1 atom stereocenters. The first kappa shape index (κ1) is 14.6. The molecule has 0 aromatic heterocycles. The van der Waals surface area contributed by atoms with Crippen molar-refractivity contribution in [2.45, 2.75) is 18.2 Å². The average molecular weight is 319 g/mol. The number of nitro groups is 1. The molecular weight excluding hydrogens is 307 g/mol. The first-order valence-corrected chi connectivity index (χ1v) is 6.19. The number of nitrogens with one attached hydrogen (secondary N) is 1. The van der Waals surface area contributed by atoms with Crippen LogP contribution in [0.2, 0.25) is 0 Å². The van der Waals surface area contributed by atoms with E-state index >= 15 is 0 Å². The number of hydrogen-bond donors (Lipinski definition) is 1. The van der Waals surface area contributed by atoms with Crippen LogP contribution in [0, 0.1) is 15.9 Å². The summed E-state index contributed by atoms with van der Waals surface area (Å²) in [5, 5.41) is 13.0. The lowest BCUT2D eigenvalue weighted by Gasteiger charge is -2.07. The second kappa shape index (κ2) is 6.44. The zero-order valence-electron chi connectivity index (χ0n) is 9.65. The molecule has 5 nitrogen and oxygen atoms in total. The van der Waals surface area contributed by atoms with Crippen LogP contribution in [0.1, 0.15) is 23.7 Å². The van der Waals surface area contributed by atoms with E-state index in [1.807, 2.05) is 6.92 Å². The standard InChI is InChI=1S/C11H12BrFN2O3/c1-7(12)4-5-14-11(16)9-3-2-8(15(17)18)6-10(9)13/h2-3,6-7H,4-5H2,1H3,(H,14,16). The molecule has 0 fully saturated rings. The van der Waals surface area contributed by atoms with Gasteiger partial charge in [-0.3, -0.25) is 14.9 Å². The van der Waals surface area contributed by atoms with Gasteiger partial charge in [0.2, 0.25) is 0 Å². The van der Waals surface area contributed by atoms with Crippen LogP contribution in [0.25, 0.3) is 0 Å². The molecule has 7 heteroatoms. The molecule has 1 unspecified atom stereocenters. The number of halogens is 2. The van der Waals surface area contributed by atoms with Gasteiger partial charge in [0.25, 0.3) is 11.6 Å². The summed E-state index contributed by atoms with van der Waals surface area (Å²) >= 11 is 3.32. The molecule has 1 amide bonds. The molecule has 1 aromatic carbocycles. The number of carbonyl (C=O) groups excluding carboxylic acids is 1. The minimum absolute atomic E-state index is 0.192. The van der Waals surface area contributed by atoms with Gasteiger partial charge < -0.3 is 5.32 Å². The zero-order chi connectivity index (χ0) is 13.7. The highest BCUT2D eigenvalue weighted by molar-refractivity contribution is 9.09. The molecular formula is C11H12BrFN2O3. The van der Waals surface area contributed by atoms with Crippen LogP contribution in [-0.4, -0.2) is 22.2 Å². The molecule has 0 spiro atoms. The molecule has 0 bridgehead atoms. The maximum atomic E-state index is 13.5. The summed E-state index contributed by atoms with van der Waals surface area (Å²) in [6, 6.07) is 2.95. The fourth-order valence-electron chi connectivity index (χ4n) is 1.28. The normalized spacial score (nSPS) is 11.9. The van der Waals surface area contributed by atoms with Crippen molar-refractivity contribution in [2.24, 2.45) is 0 Å². The van der Waals surface area contributed by atoms with E-state index in [2.05, 4.69) is 21.2 Å². The molecule has 0 radical (unpaired) electrons. The van der Waals surface area contributed by atoms with Gasteiger partial charge in [-0.2, -0.15) is 0 Å². The highest BCUT2D eigenvalue weighted by Crippen LogP contribution is 2.16. The molecule has 1 N–H and O–H groups in total. The summed E-state index contributed by atoms with van der Waals surface area (Å²) in [6.07, 6.45) is 0.709. The summed E-state index contributed by atoms with van der Waals surface area (Å²) in [6.45, 7) is 2.33. The smallest absolute Gasteiger partial charge is 0.272 e. The lowest BCUT2D eigenvalue weighted by atomic mass is 10.1. The summed E-state index contributed by atoms with van der Waals surface area (Å²) in [5.41, 5.74) is -0.569. The third-order valence-corrected chi connectivity index (χ3v) is 2.69. The van der Waals surface area contributed by atoms with Crippen molar-refractivity contribution in [2.75, 3.05) is 6.54 Å². The monoisotopic (exact) mass is 318 g/mol. The van der Waals surface area contributed by atoms with E-state index in [0.717, 1.165) is 18.2 Å². The van der Waals surface area contributed by atoms with Gasteiger partial charge in [-0.15, -0.1) is 0 Å². The number of amides is 1. The van der Waals surface area contributed by atoms with Crippen molar-refractivity contribution >= 4 is 27.5 Å². The summed E-state index contributed by atoms with van der Waals surface area (Å²) < 4.78 is 13.5. The maximum Gasteiger partial charge on any atom is 0.272 e. The Hall–Kier alpha value is -1.50. The minimum atomic E-state index is -0.895. The van der Waals surface area contributed by atoms with Gasteiger partial charge in [0.15, 0.2) is 0 Å². The second-order valence-electron chi connectivity index (χ2n) is 3.75. The topological polar surface area (TPSA) is 72.2 Å². The zero-order valence-corrected chi connectivity index (χ0v) is 11.2. The molecule has 0 saturated carbocycles. The first-order valence-electron chi connectivity index (χ1n) is 5.28. The summed E-state index contributed by atoms with van der Waals surface area (Å²) in [7, 11) is 0. The number of benzene rings is 1. The number of carbonyl (C=O) groups is 1. The van der Waals surface area contributed by atoms with Crippen molar-refractivity contribution in [3.63, 3.8) is 0 Å². The van der Waals surface area contributed by atoms with Gasteiger partial charge in [-0.25, -0.2) is 4.39 Å². The fraction of sp³-hybridized carbons (Fsp3) is 0.364. The lowest BCUT2D eigenvalue weighted by Crippen LogP contribution is -2.26. The Bertz CT molecular complexity index is 466. The quantitative estimate of drug-likeness (QED) is 0.515. The SMILES string of the molecule is CC(Br)CCNC(=O)c1ccc([N+](=O)[O-])cc1F. The minimum Gasteiger partial charge on any atom is -0.352 e. The molecule has 1 aromatic rings. The van der Waals surface area contributed by atoms with E-state index in [1.54, 1.807) is 0 Å². The molecule has 98 valence electrons. The number of nitro benzene ring substituents is 1. The van der Waals surface area contributed by atoms with E-state index in [1.165, 1.54) is 0 Å². The van der Waals surface area contributed by atoms with Gasteiger partial charge in [0.1, 0.15) is 5.82 Å². The van der Waals surface area contributed by atoms with Crippen LogP contribution in [0.3, 0.4) is 0 Å². The number of rotatable bonds is 5. The highest BCUT2D eigenvalue weighted by Gasteiger charge is 2.15. The van der Waals surface area contributed by atoms with Crippen LogP contribution in [0.15, 0.2) is 18.2 Å². The summed E-state index contributed by atoms with van der Waals surface area (Å²) in [5.74, 6) is -1.47. The molecule has 0 aliphatic carbocycles. The van der Waals surface area contributed by atoms with E-state index < -0.39 is 16.6 Å². The Kier molecular flexibility index (Phi) is 5.21. The Morgan fingerprint density at radius 3 is 2.78 bits per heavy atom. The first-order chi connectivity index (χ1) is 8.41. The van der Waals surface area contributed by atoms with Gasteiger partial charge in [0, 0.05) is 17.4 Å². The van der Waals surface area contributed by atoms with E-state index in [4.69, 9.17) is 0 Å². The predicted molar refractivity (Wildman–Crippen MR) is 68.4 cm³/mol. The molecule has 1 rings (SSSR count). The Morgan fingerprint density at radius 1 is 1.61 bits per heavy atom. The average Bonchev–Trinajstić information content (AvgIpc) is 2.27. The molecule has 0 heterocycles. The van der Waals surface area contributed by atoms with Gasteiger partial charge in [-0.1, -0.05) is 22.9 Å². The fourth-order valence-corrected chi connectivity index (χ4v) is 1.51. The molecule has 18 heavy (non-hydrogen) atoms. The van der Waals surface area contributed by atoms with Crippen LogP contribution in [0.4, 0.5) is 10.1 Å².